The fourth-order valence-electron chi connectivity index (χ4n) is 4.17. The Bertz CT molecular complexity index is 767. The first-order chi connectivity index (χ1) is 13.0. The van der Waals surface area contributed by atoms with Gasteiger partial charge in [0, 0.05) is 25.8 Å². The molecule has 0 saturated carbocycles. The van der Waals surface area contributed by atoms with Gasteiger partial charge in [0.05, 0.1) is 6.54 Å². The maximum absolute atomic E-state index is 13.1. The minimum atomic E-state index is -0.395. The van der Waals surface area contributed by atoms with Gasteiger partial charge in [-0.15, -0.1) is 0 Å². The molecule has 3 amide bonds. The Morgan fingerprint density at radius 2 is 1.96 bits per heavy atom. The van der Waals surface area contributed by atoms with Gasteiger partial charge in [-0.2, -0.15) is 5.10 Å². The zero-order valence-corrected chi connectivity index (χ0v) is 16.0. The van der Waals surface area contributed by atoms with Crippen LogP contribution in [0.5, 0.6) is 0 Å². The molecule has 2 saturated heterocycles. The van der Waals surface area contributed by atoms with Crippen molar-refractivity contribution in [2.75, 3.05) is 20.1 Å². The van der Waals surface area contributed by atoms with E-state index < -0.39 is 6.04 Å². The average Bonchev–Trinajstić information content (AvgIpc) is 3.04. The van der Waals surface area contributed by atoms with E-state index in [1.54, 1.807) is 11.9 Å². The Hall–Kier alpha value is -2.45. The second kappa shape index (κ2) is 6.94. The van der Waals surface area contributed by atoms with Gasteiger partial charge in [0.1, 0.15) is 12.2 Å². The summed E-state index contributed by atoms with van der Waals surface area (Å²) in [4.78, 5) is 30.9. The van der Waals surface area contributed by atoms with Crippen molar-refractivity contribution in [3.05, 3.63) is 35.9 Å². The second-order valence-electron chi connectivity index (χ2n) is 7.40. The quantitative estimate of drug-likeness (QED) is 0.858. The third-order valence-corrected chi connectivity index (χ3v) is 5.39. The van der Waals surface area contributed by atoms with Crippen molar-refractivity contribution in [2.45, 2.75) is 45.3 Å². The van der Waals surface area contributed by atoms with E-state index in [1.807, 2.05) is 37.1 Å². The Morgan fingerprint density at radius 1 is 1.22 bits per heavy atom. The number of carbonyl (C=O) groups is 2. The standard InChI is InChI=1S/C19H26N6O2/c1-4-10-23-17(26)15-16(22(3)19(23)27)20-18-24(15)11-13(2)21-25(18)12-14-8-6-5-7-9-14/h5-9,15-16,18,20H,4,10-12H2,1-3H3. The summed E-state index contributed by atoms with van der Waals surface area (Å²) in [5.74, 6) is -0.116. The lowest BCUT2D eigenvalue weighted by Crippen LogP contribution is -2.66. The fraction of sp³-hybridized carbons (Fsp3) is 0.526. The molecule has 0 aliphatic carbocycles. The molecular weight excluding hydrogens is 344 g/mol. The number of rotatable bonds is 4. The highest BCUT2D eigenvalue weighted by atomic mass is 16.2. The highest BCUT2D eigenvalue weighted by molar-refractivity contribution is 6.01. The highest BCUT2D eigenvalue weighted by Gasteiger charge is 2.56. The number of likely N-dealkylation sites (N-methyl/N-ethyl adjacent to an activating group) is 1. The van der Waals surface area contributed by atoms with Crippen molar-refractivity contribution in [1.82, 2.24) is 25.0 Å². The lowest BCUT2D eigenvalue weighted by molar-refractivity contribution is -0.139. The molecule has 3 heterocycles. The number of imide groups is 1. The number of urea groups is 1. The summed E-state index contributed by atoms with van der Waals surface area (Å²) < 4.78 is 0. The van der Waals surface area contributed by atoms with Crippen LogP contribution >= 0.6 is 0 Å². The first kappa shape index (κ1) is 17.9. The van der Waals surface area contributed by atoms with Crippen LogP contribution in [0, 0.1) is 0 Å². The summed E-state index contributed by atoms with van der Waals surface area (Å²) in [5, 5.41) is 10.2. The van der Waals surface area contributed by atoms with Gasteiger partial charge >= 0.3 is 6.03 Å². The first-order valence-corrected chi connectivity index (χ1v) is 9.46. The number of nitrogens with one attached hydrogen (secondary N) is 1. The van der Waals surface area contributed by atoms with E-state index in [9.17, 15) is 9.59 Å². The lowest BCUT2D eigenvalue weighted by atomic mass is 10.1. The minimum absolute atomic E-state index is 0.116. The van der Waals surface area contributed by atoms with Crippen LogP contribution in [0.15, 0.2) is 35.4 Å². The van der Waals surface area contributed by atoms with Gasteiger partial charge in [-0.05, 0) is 18.9 Å². The predicted octanol–water partition coefficient (Wildman–Crippen LogP) is 1.07. The molecule has 0 aromatic heterocycles. The molecule has 1 aromatic rings. The van der Waals surface area contributed by atoms with Gasteiger partial charge in [-0.1, -0.05) is 37.3 Å². The summed E-state index contributed by atoms with van der Waals surface area (Å²) in [6, 6.07) is 9.51. The zero-order chi connectivity index (χ0) is 19.1. The van der Waals surface area contributed by atoms with Crippen molar-refractivity contribution in [2.24, 2.45) is 5.10 Å². The number of hydrogen-bond acceptors (Lipinski definition) is 6. The van der Waals surface area contributed by atoms with Crippen molar-refractivity contribution in [3.63, 3.8) is 0 Å². The molecule has 3 atom stereocenters. The van der Waals surface area contributed by atoms with Gasteiger partial charge in [-0.3, -0.25) is 20.0 Å². The molecular formula is C19H26N6O2. The van der Waals surface area contributed by atoms with Gasteiger partial charge in [0.2, 0.25) is 0 Å². The van der Waals surface area contributed by atoms with E-state index in [4.69, 9.17) is 5.10 Å². The monoisotopic (exact) mass is 370 g/mol. The number of nitrogens with zero attached hydrogens (tertiary/aromatic N) is 5. The topological polar surface area (TPSA) is 71.5 Å². The summed E-state index contributed by atoms with van der Waals surface area (Å²) in [7, 11) is 1.76. The Labute approximate surface area is 159 Å². The molecule has 27 heavy (non-hydrogen) atoms. The molecule has 3 aliphatic rings. The number of hydrazone groups is 1. The Morgan fingerprint density at radius 3 is 2.67 bits per heavy atom. The zero-order valence-electron chi connectivity index (χ0n) is 16.0. The highest BCUT2D eigenvalue weighted by Crippen LogP contribution is 2.30. The van der Waals surface area contributed by atoms with Gasteiger partial charge in [-0.25, -0.2) is 9.69 Å². The molecule has 2 fully saturated rings. The van der Waals surface area contributed by atoms with E-state index in [2.05, 4.69) is 22.3 Å². The molecule has 3 unspecified atom stereocenters. The van der Waals surface area contributed by atoms with Crippen molar-refractivity contribution >= 4 is 17.6 Å². The fourth-order valence-corrected chi connectivity index (χ4v) is 4.17. The largest absolute Gasteiger partial charge is 0.327 e. The van der Waals surface area contributed by atoms with E-state index >= 15 is 0 Å². The van der Waals surface area contributed by atoms with E-state index in [0.29, 0.717) is 19.6 Å². The van der Waals surface area contributed by atoms with Gasteiger partial charge in [0.25, 0.3) is 5.91 Å². The maximum Gasteiger partial charge on any atom is 0.327 e. The maximum atomic E-state index is 13.1. The lowest BCUT2D eigenvalue weighted by Gasteiger charge is -2.42. The van der Waals surface area contributed by atoms with Crippen molar-refractivity contribution < 1.29 is 9.59 Å². The van der Waals surface area contributed by atoms with Crippen LogP contribution in [0.3, 0.4) is 0 Å². The smallest absolute Gasteiger partial charge is 0.310 e. The third kappa shape index (κ3) is 2.98. The molecule has 4 rings (SSSR count). The van der Waals surface area contributed by atoms with Crippen molar-refractivity contribution in [3.8, 4) is 0 Å². The Kier molecular flexibility index (Phi) is 4.61. The van der Waals surface area contributed by atoms with E-state index in [-0.39, 0.29) is 24.4 Å². The summed E-state index contributed by atoms with van der Waals surface area (Å²) in [5.41, 5.74) is 2.11. The normalized spacial score (nSPS) is 28.3. The van der Waals surface area contributed by atoms with Crippen LogP contribution in [-0.2, 0) is 11.3 Å². The number of hydrogen-bond donors (Lipinski definition) is 1. The molecule has 0 radical (unpaired) electrons. The summed E-state index contributed by atoms with van der Waals surface area (Å²) in [6.45, 7) is 5.65. The minimum Gasteiger partial charge on any atom is -0.310 e. The Balaban J connectivity index is 1.63. The predicted molar refractivity (Wildman–Crippen MR) is 101 cm³/mol. The molecule has 1 aromatic carbocycles. The van der Waals surface area contributed by atoms with E-state index in [0.717, 1.165) is 17.7 Å². The molecule has 144 valence electrons. The third-order valence-electron chi connectivity index (χ3n) is 5.39. The van der Waals surface area contributed by atoms with Crippen LogP contribution in [0.2, 0.25) is 0 Å². The molecule has 8 heteroatoms. The molecule has 8 nitrogen and oxygen atoms in total. The van der Waals surface area contributed by atoms with Crippen molar-refractivity contribution in [1.29, 1.82) is 0 Å². The van der Waals surface area contributed by atoms with Gasteiger partial charge in [0.15, 0.2) is 6.29 Å². The molecule has 1 N–H and O–H groups in total. The SMILES string of the molecule is CCCN1C(=O)C2C(NC3N(Cc4ccccc4)N=C(C)CN23)N(C)C1=O. The van der Waals surface area contributed by atoms with E-state index in [1.165, 1.54) is 4.90 Å². The molecule has 0 spiro atoms. The van der Waals surface area contributed by atoms with Crippen LogP contribution < -0.4 is 5.32 Å². The number of carbonyl (C=O) groups excluding carboxylic acids is 2. The summed E-state index contributed by atoms with van der Waals surface area (Å²) in [6.07, 6.45) is 0.187. The first-order valence-electron chi connectivity index (χ1n) is 9.46. The second-order valence-corrected chi connectivity index (χ2v) is 7.40. The van der Waals surface area contributed by atoms with Crippen LogP contribution in [0.4, 0.5) is 4.79 Å². The average molecular weight is 370 g/mol. The molecule has 3 aliphatic heterocycles. The number of benzene rings is 1. The number of amides is 3. The van der Waals surface area contributed by atoms with Gasteiger partial charge < -0.3 is 4.90 Å². The number of fused-ring (bicyclic) bond motifs is 3. The van der Waals surface area contributed by atoms with Crippen LogP contribution in [-0.4, -0.2) is 76.0 Å². The van der Waals surface area contributed by atoms with Crippen LogP contribution in [0.1, 0.15) is 25.8 Å². The van der Waals surface area contributed by atoms with Crippen LogP contribution in [0.25, 0.3) is 0 Å². The molecule has 0 bridgehead atoms. The summed E-state index contributed by atoms with van der Waals surface area (Å²) >= 11 is 0.